The van der Waals surface area contributed by atoms with Crippen LogP contribution in [0.1, 0.15) is 17.7 Å². The summed E-state index contributed by atoms with van der Waals surface area (Å²) in [5.41, 5.74) is 8.67. The average Bonchev–Trinajstić information content (AvgIpc) is 2.35. The zero-order valence-electron chi connectivity index (χ0n) is 9.52. The molecule has 0 saturated carbocycles. The van der Waals surface area contributed by atoms with Crippen LogP contribution in [0.25, 0.3) is 10.9 Å². The van der Waals surface area contributed by atoms with Crippen molar-refractivity contribution in [3.8, 4) is 0 Å². The summed E-state index contributed by atoms with van der Waals surface area (Å²) >= 11 is 0. The van der Waals surface area contributed by atoms with Crippen LogP contribution in [0.15, 0.2) is 30.3 Å². The van der Waals surface area contributed by atoms with Gasteiger partial charge in [-0.15, -0.1) is 0 Å². The van der Waals surface area contributed by atoms with Gasteiger partial charge >= 0.3 is 0 Å². The Hall–Kier alpha value is -1.90. The Labute approximate surface area is 99.7 Å². The van der Waals surface area contributed by atoms with Crippen LogP contribution in [0.3, 0.4) is 0 Å². The van der Waals surface area contributed by atoms with E-state index >= 15 is 0 Å². The highest BCUT2D eigenvalue weighted by molar-refractivity contribution is 5.81. The topological polar surface area (TPSA) is 56.0 Å². The molecule has 3 heteroatoms. The quantitative estimate of drug-likeness (QED) is 0.806. The molecule has 1 aliphatic carbocycles. The average molecular weight is 226 g/mol. The molecule has 1 amide bonds. The van der Waals surface area contributed by atoms with Crippen molar-refractivity contribution >= 4 is 16.8 Å². The van der Waals surface area contributed by atoms with E-state index in [4.69, 9.17) is 5.73 Å². The molecule has 1 atom stereocenters. The number of benzene rings is 1. The molecule has 2 aromatic rings. The van der Waals surface area contributed by atoms with Gasteiger partial charge in [0.05, 0.1) is 5.52 Å². The highest BCUT2D eigenvalue weighted by Crippen LogP contribution is 2.26. The molecule has 0 aliphatic heterocycles. The van der Waals surface area contributed by atoms with E-state index < -0.39 is 0 Å². The lowest BCUT2D eigenvalue weighted by Gasteiger charge is -2.21. The first-order valence-electron chi connectivity index (χ1n) is 5.91. The molecular formula is C14H14N2O. The monoisotopic (exact) mass is 226 g/mol. The second kappa shape index (κ2) is 3.84. The van der Waals surface area contributed by atoms with E-state index in [-0.39, 0.29) is 11.8 Å². The van der Waals surface area contributed by atoms with E-state index in [0.29, 0.717) is 6.42 Å². The normalized spacial score (nSPS) is 18.9. The summed E-state index contributed by atoms with van der Waals surface area (Å²) in [4.78, 5) is 15.9. The predicted octanol–water partition coefficient (Wildman–Crippen LogP) is 1.82. The molecule has 2 N–H and O–H groups in total. The first-order valence-corrected chi connectivity index (χ1v) is 5.91. The third-order valence-electron chi connectivity index (χ3n) is 3.50. The smallest absolute Gasteiger partial charge is 0.220 e. The molecular weight excluding hydrogens is 212 g/mol. The molecule has 1 aromatic carbocycles. The van der Waals surface area contributed by atoms with Crippen molar-refractivity contribution < 1.29 is 4.79 Å². The van der Waals surface area contributed by atoms with Gasteiger partial charge in [0, 0.05) is 23.4 Å². The predicted molar refractivity (Wildman–Crippen MR) is 66.5 cm³/mol. The number of nitrogens with two attached hydrogens (primary N) is 1. The van der Waals surface area contributed by atoms with Crippen LogP contribution in [-0.2, 0) is 17.6 Å². The Morgan fingerprint density at radius 1 is 1.35 bits per heavy atom. The zero-order chi connectivity index (χ0) is 11.8. The van der Waals surface area contributed by atoms with Gasteiger partial charge in [-0.25, -0.2) is 0 Å². The summed E-state index contributed by atoms with van der Waals surface area (Å²) in [6, 6.07) is 10.3. The van der Waals surface area contributed by atoms with Gasteiger partial charge in [0.1, 0.15) is 0 Å². The molecule has 86 valence electrons. The zero-order valence-corrected chi connectivity index (χ0v) is 9.52. The molecule has 0 bridgehead atoms. The first-order chi connectivity index (χ1) is 8.24. The third-order valence-corrected chi connectivity index (χ3v) is 3.50. The SMILES string of the molecule is NC(=O)C1CCc2cc3ccccc3nc2C1. The fourth-order valence-electron chi connectivity index (χ4n) is 2.50. The first kappa shape index (κ1) is 10.3. The van der Waals surface area contributed by atoms with Crippen molar-refractivity contribution in [3.63, 3.8) is 0 Å². The van der Waals surface area contributed by atoms with Crippen LogP contribution in [0.2, 0.25) is 0 Å². The lowest BCUT2D eigenvalue weighted by atomic mass is 9.86. The maximum Gasteiger partial charge on any atom is 0.220 e. The van der Waals surface area contributed by atoms with Crippen molar-refractivity contribution in [1.29, 1.82) is 0 Å². The number of nitrogens with zero attached hydrogens (tertiary/aromatic N) is 1. The number of fused-ring (bicyclic) bond motifs is 2. The van der Waals surface area contributed by atoms with E-state index in [0.717, 1.165) is 24.1 Å². The van der Waals surface area contributed by atoms with Crippen molar-refractivity contribution in [2.24, 2.45) is 11.7 Å². The molecule has 3 rings (SSSR count). The summed E-state index contributed by atoms with van der Waals surface area (Å²) in [5.74, 6) is -0.248. The van der Waals surface area contributed by atoms with Gasteiger partial charge in [0.25, 0.3) is 0 Å². The van der Waals surface area contributed by atoms with E-state index in [1.807, 2.05) is 18.2 Å². The van der Waals surface area contributed by atoms with Crippen molar-refractivity contribution in [2.45, 2.75) is 19.3 Å². The van der Waals surface area contributed by atoms with Crippen molar-refractivity contribution in [3.05, 3.63) is 41.6 Å². The molecule has 1 unspecified atom stereocenters. The number of rotatable bonds is 1. The molecule has 0 saturated heterocycles. The van der Waals surface area contributed by atoms with Crippen LogP contribution in [0, 0.1) is 5.92 Å². The molecule has 3 nitrogen and oxygen atoms in total. The van der Waals surface area contributed by atoms with Crippen LogP contribution in [0.5, 0.6) is 0 Å². The van der Waals surface area contributed by atoms with E-state index in [9.17, 15) is 4.79 Å². The van der Waals surface area contributed by atoms with Crippen LogP contribution in [0.4, 0.5) is 0 Å². The second-order valence-corrected chi connectivity index (χ2v) is 4.63. The summed E-state index contributed by atoms with van der Waals surface area (Å²) in [5, 5.41) is 1.17. The van der Waals surface area contributed by atoms with Gasteiger partial charge in [-0.1, -0.05) is 18.2 Å². The van der Waals surface area contributed by atoms with Gasteiger partial charge in [-0.2, -0.15) is 0 Å². The number of para-hydroxylation sites is 1. The number of hydrogen-bond acceptors (Lipinski definition) is 2. The third kappa shape index (κ3) is 1.78. The Morgan fingerprint density at radius 3 is 3.00 bits per heavy atom. The van der Waals surface area contributed by atoms with Gasteiger partial charge in [-0.3, -0.25) is 9.78 Å². The Bertz CT molecular complexity index is 592. The summed E-state index contributed by atoms with van der Waals surface area (Å²) in [7, 11) is 0. The summed E-state index contributed by atoms with van der Waals surface area (Å²) in [6.45, 7) is 0. The van der Waals surface area contributed by atoms with E-state index in [2.05, 4.69) is 17.1 Å². The van der Waals surface area contributed by atoms with Crippen molar-refractivity contribution in [2.75, 3.05) is 0 Å². The van der Waals surface area contributed by atoms with Gasteiger partial charge in [0.2, 0.25) is 5.91 Å². The fraction of sp³-hybridized carbons (Fsp3) is 0.286. The maximum absolute atomic E-state index is 11.2. The maximum atomic E-state index is 11.2. The molecule has 17 heavy (non-hydrogen) atoms. The van der Waals surface area contributed by atoms with Crippen molar-refractivity contribution in [1.82, 2.24) is 4.98 Å². The highest BCUT2D eigenvalue weighted by atomic mass is 16.1. The van der Waals surface area contributed by atoms with E-state index in [1.165, 1.54) is 10.9 Å². The lowest BCUT2D eigenvalue weighted by molar-refractivity contribution is -0.122. The number of amides is 1. The second-order valence-electron chi connectivity index (χ2n) is 4.63. The number of carbonyl (C=O) groups is 1. The minimum Gasteiger partial charge on any atom is -0.369 e. The number of primary amides is 1. The molecule has 0 radical (unpaired) electrons. The van der Waals surface area contributed by atoms with E-state index in [1.54, 1.807) is 0 Å². The minimum atomic E-state index is -0.203. The van der Waals surface area contributed by atoms with Crippen LogP contribution >= 0.6 is 0 Å². The standard InChI is InChI=1S/C14H14N2O/c15-14(17)11-6-5-10-7-9-3-1-2-4-12(9)16-13(10)8-11/h1-4,7,11H,5-6,8H2,(H2,15,17). The van der Waals surface area contributed by atoms with Crippen LogP contribution < -0.4 is 5.73 Å². The molecule has 1 aromatic heterocycles. The Kier molecular flexibility index (Phi) is 2.32. The fourth-order valence-corrected chi connectivity index (χ4v) is 2.50. The Balaban J connectivity index is 2.07. The van der Waals surface area contributed by atoms with Gasteiger partial charge < -0.3 is 5.73 Å². The molecule has 1 heterocycles. The minimum absolute atomic E-state index is 0.0452. The summed E-state index contributed by atoms with van der Waals surface area (Å²) in [6.07, 6.45) is 2.44. The largest absolute Gasteiger partial charge is 0.369 e. The molecule has 1 aliphatic rings. The summed E-state index contributed by atoms with van der Waals surface area (Å²) < 4.78 is 0. The number of aryl methyl sites for hydroxylation is 1. The van der Waals surface area contributed by atoms with Gasteiger partial charge in [-0.05, 0) is 30.5 Å². The van der Waals surface area contributed by atoms with Crippen LogP contribution in [-0.4, -0.2) is 10.9 Å². The number of hydrogen-bond donors (Lipinski definition) is 1. The number of aromatic nitrogens is 1. The molecule has 0 fully saturated rings. The number of pyridine rings is 1. The Morgan fingerprint density at radius 2 is 2.18 bits per heavy atom. The number of carbonyl (C=O) groups excluding carboxylic acids is 1. The lowest BCUT2D eigenvalue weighted by Crippen LogP contribution is -2.29. The molecule has 0 spiro atoms. The van der Waals surface area contributed by atoms with Gasteiger partial charge in [0.15, 0.2) is 0 Å². The highest BCUT2D eigenvalue weighted by Gasteiger charge is 2.23.